The Labute approximate surface area is 236 Å². The third-order valence-corrected chi connectivity index (χ3v) is 7.05. The minimum Gasteiger partial charge on any atom is -0.747 e. The summed E-state index contributed by atoms with van der Waals surface area (Å²) in [4.78, 5) is 55.4. The molecule has 188 valence electrons. The standard InChI is InChI=1S/C25H24N2O8S.Na/c28-22(11-5-6-12-24(30)35-27-23(29)15-21(25(27)31)36(32,33)34)26-16-19-9-2-1-7-17(19)13-14-18-8-3-4-10-20(18)26;/h1-4,7-10,13-14,21H,5-6,11-12,15-16H2,(H,32,33,34);/q;+1/p-1/b14-13-;. The van der Waals surface area contributed by atoms with Crippen LogP contribution >= 0.6 is 0 Å². The Kier molecular flexibility index (Phi) is 9.43. The van der Waals surface area contributed by atoms with E-state index in [1.165, 1.54) is 0 Å². The molecule has 0 spiro atoms. The topological polar surface area (TPSA) is 141 Å². The summed E-state index contributed by atoms with van der Waals surface area (Å²) in [6.45, 7) is 0.390. The van der Waals surface area contributed by atoms with Gasteiger partial charge in [-0.1, -0.05) is 54.6 Å². The molecular formula is C25H23N2NaO8S. The van der Waals surface area contributed by atoms with Gasteiger partial charge in [0.1, 0.15) is 15.4 Å². The number of unbranched alkanes of at least 4 members (excludes halogenated alkanes) is 1. The van der Waals surface area contributed by atoms with E-state index in [4.69, 9.17) is 0 Å². The number of nitrogens with zero attached hydrogens (tertiary/aromatic N) is 2. The molecule has 0 saturated carbocycles. The SMILES string of the molecule is O=C(CCCCC(=O)N1Cc2ccccc2/C=C\c2ccccc21)ON1C(=O)CC(S(=O)(=O)[O-])C1=O.[Na+]. The van der Waals surface area contributed by atoms with Gasteiger partial charge in [0.2, 0.25) is 5.91 Å². The number of anilines is 1. The van der Waals surface area contributed by atoms with Crippen molar-refractivity contribution in [1.82, 2.24) is 5.06 Å². The van der Waals surface area contributed by atoms with Crippen molar-refractivity contribution in [2.24, 2.45) is 0 Å². The number of rotatable bonds is 7. The van der Waals surface area contributed by atoms with Crippen molar-refractivity contribution >= 4 is 51.6 Å². The van der Waals surface area contributed by atoms with E-state index < -0.39 is 39.6 Å². The minimum atomic E-state index is -5.04. The molecule has 37 heavy (non-hydrogen) atoms. The molecule has 1 atom stereocenters. The summed E-state index contributed by atoms with van der Waals surface area (Å²) in [5.41, 5.74) is 3.70. The molecule has 2 heterocycles. The Hall–Kier alpha value is -2.83. The van der Waals surface area contributed by atoms with Crippen LogP contribution in [0.15, 0.2) is 48.5 Å². The third kappa shape index (κ3) is 6.74. The Morgan fingerprint density at radius 2 is 1.57 bits per heavy atom. The molecule has 2 aromatic carbocycles. The van der Waals surface area contributed by atoms with E-state index in [0.29, 0.717) is 13.0 Å². The van der Waals surface area contributed by atoms with Gasteiger partial charge in [0.15, 0.2) is 0 Å². The molecule has 0 aromatic heterocycles. The van der Waals surface area contributed by atoms with E-state index in [0.717, 1.165) is 22.4 Å². The quantitative estimate of drug-likeness (QED) is 0.198. The van der Waals surface area contributed by atoms with Crippen LogP contribution in [0.3, 0.4) is 0 Å². The Bertz CT molecular complexity index is 1360. The summed E-state index contributed by atoms with van der Waals surface area (Å²) >= 11 is 0. The molecule has 0 bridgehead atoms. The van der Waals surface area contributed by atoms with E-state index in [1.54, 1.807) is 4.90 Å². The summed E-state index contributed by atoms with van der Waals surface area (Å²) in [5.74, 6) is -3.51. The third-order valence-electron chi connectivity index (χ3n) is 5.98. The number of imide groups is 1. The summed E-state index contributed by atoms with van der Waals surface area (Å²) in [6.07, 6.45) is 3.63. The zero-order valence-corrected chi connectivity index (χ0v) is 23.0. The average Bonchev–Trinajstić information content (AvgIpc) is 3.12. The molecule has 2 aliphatic rings. The van der Waals surface area contributed by atoms with Crippen molar-refractivity contribution in [1.29, 1.82) is 0 Å². The first kappa shape index (κ1) is 28.7. The number of carbonyl (C=O) groups is 4. The van der Waals surface area contributed by atoms with Gasteiger partial charge in [-0.2, -0.15) is 0 Å². The van der Waals surface area contributed by atoms with E-state index in [9.17, 15) is 32.1 Å². The fourth-order valence-corrected chi connectivity index (χ4v) is 4.79. The summed E-state index contributed by atoms with van der Waals surface area (Å²) in [6, 6.07) is 15.4. The number of hydrogen-bond donors (Lipinski definition) is 0. The fraction of sp³-hybridized carbons (Fsp3) is 0.280. The predicted molar refractivity (Wildman–Crippen MR) is 128 cm³/mol. The molecular weight excluding hydrogens is 511 g/mol. The summed E-state index contributed by atoms with van der Waals surface area (Å²) < 4.78 is 33.2. The number of fused-ring (bicyclic) bond motifs is 2. The van der Waals surface area contributed by atoms with Gasteiger partial charge in [0.25, 0.3) is 11.8 Å². The van der Waals surface area contributed by atoms with Crippen LogP contribution in [0.4, 0.5) is 5.69 Å². The molecule has 0 N–H and O–H groups in total. The molecule has 1 unspecified atom stereocenters. The molecule has 10 nitrogen and oxygen atoms in total. The van der Waals surface area contributed by atoms with Gasteiger partial charge >= 0.3 is 35.5 Å². The van der Waals surface area contributed by atoms with Gasteiger partial charge in [-0.25, -0.2) is 13.2 Å². The van der Waals surface area contributed by atoms with Crippen LogP contribution in [-0.2, 0) is 40.7 Å². The Balaban J connectivity index is 0.00000380. The van der Waals surface area contributed by atoms with Crippen molar-refractivity contribution < 1.29 is 66.5 Å². The van der Waals surface area contributed by atoms with Crippen LogP contribution in [0.5, 0.6) is 0 Å². The van der Waals surface area contributed by atoms with Crippen molar-refractivity contribution in [3.63, 3.8) is 0 Å². The van der Waals surface area contributed by atoms with Crippen LogP contribution in [-0.4, -0.2) is 47.0 Å². The molecule has 1 fully saturated rings. The van der Waals surface area contributed by atoms with Gasteiger partial charge in [0.05, 0.1) is 18.7 Å². The second kappa shape index (κ2) is 12.1. The number of hydroxylamine groups is 2. The second-order valence-corrected chi connectivity index (χ2v) is 10.0. The summed E-state index contributed by atoms with van der Waals surface area (Å²) in [7, 11) is -5.04. The zero-order valence-electron chi connectivity index (χ0n) is 20.2. The van der Waals surface area contributed by atoms with Gasteiger partial charge < -0.3 is 14.3 Å². The fourth-order valence-electron chi connectivity index (χ4n) is 4.10. The molecule has 2 aromatic rings. The smallest absolute Gasteiger partial charge is 0.747 e. The first-order valence-electron chi connectivity index (χ1n) is 11.3. The number of carbonyl (C=O) groups excluding carboxylic acids is 4. The average molecular weight is 535 g/mol. The Morgan fingerprint density at radius 1 is 0.946 bits per heavy atom. The molecule has 0 aliphatic carbocycles. The number of benzene rings is 2. The number of amides is 3. The van der Waals surface area contributed by atoms with E-state index in [1.807, 2.05) is 60.7 Å². The predicted octanol–water partition coefficient (Wildman–Crippen LogP) is -0.601. The van der Waals surface area contributed by atoms with Crippen molar-refractivity contribution in [3.8, 4) is 0 Å². The van der Waals surface area contributed by atoms with Crippen LogP contribution in [0.2, 0.25) is 0 Å². The molecule has 3 amide bonds. The second-order valence-electron chi connectivity index (χ2n) is 8.45. The van der Waals surface area contributed by atoms with Crippen LogP contribution < -0.4 is 34.5 Å². The van der Waals surface area contributed by atoms with E-state index in [-0.39, 0.29) is 59.8 Å². The van der Waals surface area contributed by atoms with Crippen LogP contribution in [0.1, 0.15) is 48.8 Å². The largest absolute Gasteiger partial charge is 1.00 e. The maximum Gasteiger partial charge on any atom is 1.00 e. The van der Waals surface area contributed by atoms with E-state index >= 15 is 0 Å². The maximum absolute atomic E-state index is 13.2. The van der Waals surface area contributed by atoms with Gasteiger partial charge in [-0.05, 0) is 35.6 Å². The van der Waals surface area contributed by atoms with Crippen LogP contribution in [0, 0.1) is 0 Å². The first-order chi connectivity index (χ1) is 17.1. The van der Waals surface area contributed by atoms with Gasteiger partial charge in [-0.15, -0.1) is 5.06 Å². The normalized spacial score (nSPS) is 17.7. The molecule has 12 heteroatoms. The maximum atomic E-state index is 13.2. The number of para-hydroxylation sites is 1. The van der Waals surface area contributed by atoms with Crippen molar-refractivity contribution in [3.05, 3.63) is 65.2 Å². The first-order valence-corrected chi connectivity index (χ1v) is 12.8. The molecule has 0 radical (unpaired) electrons. The molecule has 2 aliphatic heterocycles. The number of hydrogen-bond acceptors (Lipinski definition) is 8. The monoisotopic (exact) mass is 534 g/mol. The van der Waals surface area contributed by atoms with Crippen molar-refractivity contribution in [2.75, 3.05) is 4.90 Å². The van der Waals surface area contributed by atoms with Crippen molar-refractivity contribution in [2.45, 2.75) is 43.9 Å². The van der Waals surface area contributed by atoms with E-state index in [2.05, 4.69) is 4.84 Å². The van der Waals surface area contributed by atoms with Gasteiger partial charge in [0, 0.05) is 12.8 Å². The van der Waals surface area contributed by atoms with Gasteiger partial charge in [-0.3, -0.25) is 14.4 Å². The zero-order chi connectivity index (χ0) is 25.9. The van der Waals surface area contributed by atoms with Crippen LogP contribution in [0.25, 0.3) is 12.2 Å². The minimum absolute atomic E-state index is 0. The summed E-state index contributed by atoms with van der Waals surface area (Å²) in [5, 5.41) is -2.05. The Morgan fingerprint density at radius 3 is 2.27 bits per heavy atom. The molecule has 4 rings (SSSR count). The molecule has 1 saturated heterocycles.